The van der Waals surface area contributed by atoms with E-state index in [9.17, 15) is 5.11 Å². The average molecular weight is 301 g/mol. The first-order valence-corrected chi connectivity index (χ1v) is 8.22. The average Bonchev–Trinajstić information content (AvgIpc) is 2.49. The predicted octanol–water partition coefficient (Wildman–Crippen LogP) is 3.33. The standard InChI is InChI=1S/C18H23NOS/c1-13-8-9-16(10-14(13)2)21-12-18(20)17(19)11-15-6-4-3-5-7-15/h3-10,17-18,20H,11-12,19H2,1-2H3. The molecular weight excluding hydrogens is 278 g/mol. The topological polar surface area (TPSA) is 46.2 Å². The summed E-state index contributed by atoms with van der Waals surface area (Å²) in [5.74, 6) is 0.622. The molecule has 0 aliphatic heterocycles. The van der Waals surface area contributed by atoms with Gasteiger partial charge in [0.1, 0.15) is 0 Å². The van der Waals surface area contributed by atoms with Crippen LogP contribution in [0.4, 0.5) is 0 Å². The van der Waals surface area contributed by atoms with Crippen LogP contribution in [0.15, 0.2) is 53.4 Å². The highest BCUT2D eigenvalue weighted by Gasteiger charge is 2.15. The van der Waals surface area contributed by atoms with E-state index in [-0.39, 0.29) is 6.04 Å². The summed E-state index contributed by atoms with van der Waals surface area (Å²) in [7, 11) is 0. The summed E-state index contributed by atoms with van der Waals surface area (Å²) in [4.78, 5) is 1.18. The molecule has 2 aromatic rings. The minimum atomic E-state index is -0.503. The molecule has 2 unspecified atom stereocenters. The quantitative estimate of drug-likeness (QED) is 0.805. The normalized spacial score (nSPS) is 13.9. The molecule has 0 fully saturated rings. The van der Waals surface area contributed by atoms with Crippen molar-refractivity contribution in [3.05, 3.63) is 65.2 Å². The fraction of sp³-hybridized carbons (Fsp3) is 0.333. The zero-order chi connectivity index (χ0) is 15.2. The second-order valence-electron chi connectivity index (χ2n) is 5.48. The lowest BCUT2D eigenvalue weighted by molar-refractivity contribution is 0.167. The van der Waals surface area contributed by atoms with Gasteiger partial charge in [0.15, 0.2) is 0 Å². The van der Waals surface area contributed by atoms with Crippen molar-refractivity contribution in [1.29, 1.82) is 0 Å². The molecule has 2 rings (SSSR count). The number of nitrogens with two attached hydrogens (primary N) is 1. The second kappa shape index (κ2) is 7.64. The van der Waals surface area contributed by atoms with Crippen molar-refractivity contribution in [3.63, 3.8) is 0 Å². The first-order chi connectivity index (χ1) is 10.1. The van der Waals surface area contributed by atoms with Crippen molar-refractivity contribution in [1.82, 2.24) is 0 Å². The van der Waals surface area contributed by atoms with Crippen LogP contribution in [0, 0.1) is 13.8 Å². The first-order valence-electron chi connectivity index (χ1n) is 7.24. The van der Waals surface area contributed by atoms with Crippen molar-refractivity contribution in [3.8, 4) is 0 Å². The minimum absolute atomic E-state index is 0.230. The molecule has 0 saturated heterocycles. The van der Waals surface area contributed by atoms with Gasteiger partial charge >= 0.3 is 0 Å². The van der Waals surface area contributed by atoms with E-state index in [1.54, 1.807) is 11.8 Å². The van der Waals surface area contributed by atoms with E-state index >= 15 is 0 Å². The predicted molar refractivity (Wildman–Crippen MR) is 90.8 cm³/mol. The number of thioether (sulfide) groups is 1. The second-order valence-corrected chi connectivity index (χ2v) is 6.57. The van der Waals surface area contributed by atoms with Gasteiger partial charge in [0.2, 0.25) is 0 Å². The Morgan fingerprint density at radius 2 is 1.76 bits per heavy atom. The van der Waals surface area contributed by atoms with Crippen LogP contribution in [-0.2, 0) is 6.42 Å². The molecule has 0 aliphatic carbocycles. The smallest absolute Gasteiger partial charge is 0.0788 e. The molecule has 21 heavy (non-hydrogen) atoms. The third kappa shape index (κ3) is 4.88. The van der Waals surface area contributed by atoms with Crippen LogP contribution >= 0.6 is 11.8 Å². The summed E-state index contributed by atoms with van der Waals surface area (Å²) in [6.45, 7) is 4.21. The van der Waals surface area contributed by atoms with E-state index in [0.717, 1.165) is 0 Å². The van der Waals surface area contributed by atoms with E-state index < -0.39 is 6.10 Å². The maximum absolute atomic E-state index is 10.2. The minimum Gasteiger partial charge on any atom is -0.391 e. The van der Waals surface area contributed by atoms with Gasteiger partial charge in [-0.2, -0.15) is 0 Å². The SMILES string of the molecule is Cc1ccc(SCC(O)C(N)Cc2ccccc2)cc1C. The largest absolute Gasteiger partial charge is 0.391 e. The first kappa shape index (κ1) is 16.1. The molecule has 0 saturated carbocycles. The summed E-state index contributed by atoms with van der Waals surface area (Å²) in [5, 5.41) is 10.2. The summed E-state index contributed by atoms with van der Waals surface area (Å²) < 4.78 is 0. The third-order valence-corrected chi connectivity index (χ3v) is 4.80. The van der Waals surface area contributed by atoms with Gasteiger partial charge in [-0.15, -0.1) is 11.8 Å². The third-order valence-electron chi connectivity index (χ3n) is 3.71. The Morgan fingerprint density at radius 3 is 2.43 bits per heavy atom. The zero-order valence-electron chi connectivity index (χ0n) is 12.6. The molecule has 0 heterocycles. The Labute approximate surface area is 131 Å². The van der Waals surface area contributed by atoms with Crippen LogP contribution in [0.2, 0.25) is 0 Å². The van der Waals surface area contributed by atoms with Crippen molar-refractivity contribution >= 4 is 11.8 Å². The molecule has 2 aromatic carbocycles. The van der Waals surface area contributed by atoms with Crippen LogP contribution in [0.5, 0.6) is 0 Å². The van der Waals surface area contributed by atoms with Gasteiger partial charge in [-0.05, 0) is 49.1 Å². The monoisotopic (exact) mass is 301 g/mol. The number of aliphatic hydroxyl groups is 1. The molecular formula is C18H23NOS. The van der Waals surface area contributed by atoms with E-state index in [1.807, 2.05) is 30.3 Å². The number of aliphatic hydroxyl groups excluding tert-OH is 1. The molecule has 0 bridgehead atoms. The van der Waals surface area contributed by atoms with Crippen LogP contribution in [0.25, 0.3) is 0 Å². The lowest BCUT2D eigenvalue weighted by atomic mass is 10.0. The molecule has 112 valence electrons. The maximum atomic E-state index is 10.2. The zero-order valence-corrected chi connectivity index (χ0v) is 13.4. The Kier molecular flexibility index (Phi) is 5.85. The van der Waals surface area contributed by atoms with Gasteiger partial charge in [-0.1, -0.05) is 36.4 Å². The molecule has 2 nitrogen and oxygen atoms in total. The highest BCUT2D eigenvalue weighted by atomic mass is 32.2. The van der Waals surface area contributed by atoms with E-state index in [4.69, 9.17) is 5.73 Å². The molecule has 0 amide bonds. The van der Waals surface area contributed by atoms with Gasteiger partial charge in [0, 0.05) is 16.7 Å². The number of hydrogen-bond acceptors (Lipinski definition) is 3. The Hall–Kier alpha value is -1.29. The van der Waals surface area contributed by atoms with Crippen LogP contribution in [0.1, 0.15) is 16.7 Å². The van der Waals surface area contributed by atoms with E-state index in [2.05, 4.69) is 32.0 Å². The van der Waals surface area contributed by atoms with Crippen molar-refractivity contribution < 1.29 is 5.11 Å². The summed E-state index contributed by atoms with van der Waals surface area (Å²) >= 11 is 1.66. The number of rotatable bonds is 6. The van der Waals surface area contributed by atoms with Gasteiger partial charge in [0.25, 0.3) is 0 Å². The molecule has 0 spiro atoms. The van der Waals surface area contributed by atoms with E-state index in [1.165, 1.54) is 21.6 Å². The summed E-state index contributed by atoms with van der Waals surface area (Å²) in [5.41, 5.74) is 9.84. The summed E-state index contributed by atoms with van der Waals surface area (Å²) in [6, 6.07) is 16.2. The van der Waals surface area contributed by atoms with Crippen molar-refractivity contribution in [2.24, 2.45) is 5.73 Å². The molecule has 2 atom stereocenters. The number of aryl methyl sites for hydroxylation is 2. The maximum Gasteiger partial charge on any atom is 0.0788 e. The molecule has 3 heteroatoms. The number of hydrogen-bond donors (Lipinski definition) is 2. The van der Waals surface area contributed by atoms with Gasteiger partial charge in [-0.25, -0.2) is 0 Å². The van der Waals surface area contributed by atoms with E-state index in [0.29, 0.717) is 12.2 Å². The molecule has 0 aromatic heterocycles. The van der Waals surface area contributed by atoms with Gasteiger partial charge in [0.05, 0.1) is 6.10 Å². The van der Waals surface area contributed by atoms with Crippen molar-refractivity contribution in [2.75, 3.05) is 5.75 Å². The van der Waals surface area contributed by atoms with Crippen LogP contribution < -0.4 is 5.73 Å². The summed E-state index contributed by atoms with van der Waals surface area (Å²) in [6.07, 6.45) is 0.201. The highest BCUT2D eigenvalue weighted by Crippen LogP contribution is 2.22. The highest BCUT2D eigenvalue weighted by molar-refractivity contribution is 7.99. The Morgan fingerprint density at radius 1 is 1.05 bits per heavy atom. The Balaban J connectivity index is 1.86. The lowest BCUT2D eigenvalue weighted by Crippen LogP contribution is -2.38. The fourth-order valence-corrected chi connectivity index (χ4v) is 3.17. The van der Waals surface area contributed by atoms with Crippen molar-refractivity contribution in [2.45, 2.75) is 37.3 Å². The van der Waals surface area contributed by atoms with Gasteiger partial charge in [-0.3, -0.25) is 0 Å². The fourth-order valence-electron chi connectivity index (χ4n) is 2.13. The lowest BCUT2D eigenvalue weighted by Gasteiger charge is -2.18. The number of benzene rings is 2. The Bertz CT molecular complexity index is 571. The molecule has 0 aliphatic rings. The van der Waals surface area contributed by atoms with Crippen LogP contribution in [0.3, 0.4) is 0 Å². The van der Waals surface area contributed by atoms with Crippen LogP contribution in [-0.4, -0.2) is 23.0 Å². The molecule has 3 N–H and O–H groups in total. The van der Waals surface area contributed by atoms with Gasteiger partial charge < -0.3 is 10.8 Å². The molecule has 0 radical (unpaired) electrons.